The first kappa shape index (κ1) is 20.1. The van der Waals surface area contributed by atoms with E-state index >= 15 is 0 Å². The number of hydrogen-bond acceptors (Lipinski definition) is 4. The van der Waals surface area contributed by atoms with Gasteiger partial charge in [0.1, 0.15) is 11.9 Å². The Morgan fingerprint density at radius 2 is 1.83 bits per heavy atom. The Hall–Kier alpha value is -3.18. The van der Waals surface area contributed by atoms with Crippen LogP contribution in [0.25, 0.3) is 0 Å². The fourth-order valence-corrected chi connectivity index (χ4v) is 3.52. The second-order valence-corrected chi connectivity index (χ2v) is 7.63. The average Bonchev–Trinajstić information content (AvgIpc) is 3.27. The van der Waals surface area contributed by atoms with Crippen molar-refractivity contribution in [1.82, 2.24) is 9.88 Å². The highest BCUT2D eigenvalue weighted by Gasteiger charge is 2.19. The number of carbonyl (C=O) groups excluding carboxylic acids is 1. The molecular weight excluding hydrogens is 376 g/mol. The van der Waals surface area contributed by atoms with E-state index in [2.05, 4.69) is 4.98 Å². The molecule has 1 unspecified atom stereocenters. The monoisotopic (exact) mass is 402 g/mol. The average molecular weight is 402 g/mol. The van der Waals surface area contributed by atoms with Gasteiger partial charge in [0.25, 0.3) is 5.91 Å². The number of nitrogens with zero attached hydrogens (tertiary/aromatic N) is 2. The van der Waals surface area contributed by atoms with Gasteiger partial charge in [-0.25, -0.2) is 0 Å². The number of benzene rings is 2. The van der Waals surface area contributed by atoms with Gasteiger partial charge in [-0.2, -0.15) is 0 Å². The van der Waals surface area contributed by atoms with Crippen LogP contribution >= 0.6 is 0 Å². The minimum Gasteiger partial charge on any atom is -0.488 e. The Morgan fingerprint density at radius 1 is 1.07 bits per heavy atom. The van der Waals surface area contributed by atoms with E-state index in [0.29, 0.717) is 25.3 Å². The Kier molecular flexibility index (Phi) is 6.40. The second-order valence-electron chi connectivity index (χ2n) is 7.63. The lowest BCUT2D eigenvalue weighted by atomic mass is 10.1. The van der Waals surface area contributed by atoms with Gasteiger partial charge in [0.15, 0.2) is 0 Å². The van der Waals surface area contributed by atoms with E-state index in [4.69, 9.17) is 9.47 Å². The van der Waals surface area contributed by atoms with Crippen LogP contribution in [0.3, 0.4) is 0 Å². The quantitative estimate of drug-likeness (QED) is 0.588. The number of pyridine rings is 1. The summed E-state index contributed by atoms with van der Waals surface area (Å²) in [6.45, 7) is 4.40. The molecule has 5 heteroatoms. The predicted molar refractivity (Wildman–Crippen MR) is 115 cm³/mol. The van der Waals surface area contributed by atoms with E-state index in [1.54, 1.807) is 12.4 Å². The molecule has 3 aromatic rings. The summed E-state index contributed by atoms with van der Waals surface area (Å²) < 4.78 is 11.4. The van der Waals surface area contributed by atoms with Gasteiger partial charge in [0.05, 0.1) is 13.2 Å². The van der Waals surface area contributed by atoms with Crippen LogP contribution in [-0.4, -0.2) is 35.1 Å². The van der Waals surface area contributed by atoms with Crippen molar-refractivity contribution in [2.45, 2.75) is 32.5 Å². The highest BCUT2D eigenvalue weighted by molar-refractivity contribution is 5.94. The van der Waals surface area contributed by atoms with Crippen molar-refractivity contribution >= 4 is 5.91 Å². The van der Waals surface area contributed by atoms with E-state index < -0.39 is 0 Å². The second kappa shape index (κ2) is 9.55. The van der Waals surface area contributed by atoms with Crippen molar-refractivity contribution < 1.29 is 14.3 Å². The topological polar surface area (TPSA) is 51.7 Å². The number of rotatable bonds is 7. The SMILES string of the molecule is Cc1ccc(C(=O)N(Cc2ccncc2)Cc2cccc(OC3CCOC3)c2)cc1. The van der Waals surface area contributed by atoms with E-state index in [1.807, 2.05) is 72.5 Å². The van der Waals surface area contributed by atoms with Gasteiger partial charge in [-0.3, -0.25) is 9.78 Å². The Labute approximate surface area is 177 Å². The van der Waals surface area contributed by atoms with E-state index in [9.17, 15) is 4.79 Å². The maximum atomic E-state index is 13.3. The smallest absolute Gasteiger partial charge is 0.254 e. The Morgan fingerprint density at radius 3 is 2.57 bits per heavy atom. The van der Waals surface area contributed by atoms with Crippen LogP contribution in [-0.2, 0) is 17.8 Å². The lowest BCUT2D eigenvalue weighted by Crippen LogP contribution is -2.30. The maximum absolute atomic E-state index is 13.3. The largest absolute Gasteiger partial charge is 0.488 e. The zero-order valence-corrected chi connectivity index (χ0v) is 17.2. The lowest BCUT2D eigenvalue weighted by molar-refractivity contribution is 0.0729. The van der Waals surface area contributed by atoms with Gasteiger partial charge in [-0.15, -0.1) is 0 Å². The molecule has 5 nitrogen and oxygen atoms in total. The van der Waals surface area contributed by atoms with Crippen LogP contribution in [0.1, 0.15) is 33.5 Å². The Bertz CT molecular complexity index is 967. The van der Waals surface area contributed by atoms with Crippen molar-refractivity contribution in [3.05, 3.63) is 95.3 Å². The molecule has 0 saturated carbocycles. The highest BCUT2D eigenvalue weighted by Crippen LogP contribution is 2.21. The molecule has 4 rings (SSSR count). The molecule has 30 heavy (non-hydrogen) atoms. The van der Waals surface area contributed by atoms with Crippen molar-refractivity contribution in [3.8, 4) is 5.75 Å². The molecular formula is C25H26N2O3. The summed E-state index contributed by atoms with van der Waals surface area (Å²) in [6.07, 6.45) is 4.51. The third-order valence-corrected chi connectivity index (χ3v) is 5.17. The summed E-state index contributed by atoms with van der Waals surface area (Å²) >= 11 is 0. The van der Waals surface area contributed by atoms with Gasteiger partial charge in [-0.05, 0) is 54.4 Å². The standard InChI is InChI=1S/C25H26N2O3/c1-19-5-7-22(8-6-19)25(28)27(16-20-9-12-26-13-10-20)17-21-3-2-4-23(15-21)30-24-11-14-29-18-24/h2-10,12-13,15,24H,11,14,16-18H2,1H3. The predicted octanol–water partition coefficient (Wildman–Crippen LogP) is 4.40. The number of ether oxygens (including phenoxy) is 2. The third kappa shape index (κ3) is 5.24. The zero-order valence-electron chi connectivity index (χ0n) is 17.2. The van der Waals surface area contributed by atoms with Crippen LogP contribution in [0.5, 0.6) is 5.75 Å². The van der Waals surface area contributed by atoms with Crippen LogP contribution < -0.4 is 4.74 Å². The van der Waals surface area contributed by atoms with Crippen LogP contribution in [0.15, 0.2) is 73.1 Å². The molecule has 0 spiro atoms. The van der Waals surface area contributed by atoms with Crippen molar-refractivity contribution in [3.63, 3.8) is 0 Å². The minimum atomic E-state index is 0.00215. The van der Waals surface area contributed by atoms with Gasteiger partial charge in [0.2, 0.25) is 0 Å². The zero-order chi connectivity index (χ0) is 20.8. The molecule has 1 aromatic heterocycles. The molecule has 0 aliphatic carbocycles. The molecule has 154 valence electrons. The molecule has 1 amide bonds. The van der Waals surface area contributed by atoms with Gasteiger partial charge in [-0.1, -0.05) is 29.8 Å². The van der Waals surface area contributed by atoms with Gasteiger partial charge < -0.3 is 14.4 Å². The summed E-state index contributed by atoms with van der Waals surface area (Å²) in [5.74, 6) is 0.817. The maximum Gasteiger partial charge on any atom is 0.254 e. The lowest BCUT2D eigenvalue weighted by Gasteiger charge is -2.24. The van der Waals surface area contributed by atoms with Crippen LogP contribution in [0, 0.1) is 6.92 Å². The van der Waals surface area contributed by atoms with Crippen molar-refractivity contribution in [2.75, 3.05) is 13.2 Å². The number of carbonyl (C=O) groups is 1. The first-order valence-corrected chi connectivity index (χ1v) is 10.3. The first-order chi connectivity index (χ1) is 14.7. The number of aromatic nitrogens is 1. The van der Waals surface area contributed by atoms with Crippen LogP contribution in [0.4, 0.5) is 0 Å². The first-order valence-electron chi connectivity index (χ1n) is 10.3. The fourth-order valence-electron chi connectivity index (χ4n) is 3.52. The number of amides is 1. The minimum absolute atomic E-state index is 0.00215. The number of aryl methyl sites for hydroxylation is 1. The molecule has 0 N–H and O–H groups in total. The molecule has 1 fully saturated rings. The van der Waals surface area contributed by atoms with E-state index in [0.717, 1.165) is 35.5 Å². The highest BCUT2D eigenvalue weighted by atomic mass is 16.5. The summed E-state index contributed by atoms with van der Waals surface area (Å²) in [6, 6.07) is 19.6. The Balaban J connectivity index is 1.54. The number of hydrogen-bond donors (Lipinski definition) is 0. The van der Waals surface area contributed by atoms with E-state index in [-0.39, 0.29) is 12.0 Å². The van der Waals surface area contributed by atoms with Crippen molar-refractivity contribution in [1.29, 1.82) is 0 Å². The van der Waals surface area contributed by atoms with Gasteiger partial charge >= 0.3 is 0 Å². The molecule has 1 aliphatic heterocycles. The van der Waals surface area contributed by atoms with E-state index in [1.165, 1.54) is 0 Å². The molecule has 0 bridgehead atoms. The normalized spacial score (nSPS) is 15.7. The molecule has 1 atom stereocenters. The van der Waals surface area contributed by atoms with Crippen LogP contribution in [0.2, 0.25) is 0 Å². The summed E-state index contributed by atoms with van der Waals surface area (Å²) in [4.78, 5) is 19.2. The molecule has 2 aromatic carbocycles. The molecule has 0 radical (unpaired) electrons. The molecule has 1 saturated heterocycles. The molecule has 1 aliphatic rings. The van der Waals surface area contributed by atoms with Gasteiger partial charge in [0, 0.05) is 37.5 Å². The third-order valence-electron chi connectivity index (χ3n) is 5.17. The van der Waals surface area contributed by atoms with Crippen molar-refractivity contribution in [2.24, 2.45) is 0 Å². The summed E-state index contributed by atoms with van der Waals surface area (Å²) in [7, 11) is 0. The summed E-state index contributed by atoms with van der Waals surface area (Å²) in [5.41, 5.74) is 3.89. The molecule has 2 heterocycles. The fraction of sp³-hybridized carbons (Fsp3) is 0.280. The summed E-state index contributed by atoms with van der Waals surface area (Å²) in [5, 5.41) is 0.